The van der Waals surface area contributed by atoms with E-state index < -0.39 is 12.1 Å². The van der Waals surface area contributed by atoms with Crippen molar-refractivity contribution in [1.82, 2.24) is 14.8 Å². The summed E-state index contributed by atoms with van der Waals surface area (Å²) in [4.78, 5) is 10.9. The smallest absolute Gasteiger partial charge is 0.313 e. The molecule has 1 atom stereocenters. The van der Waals surface area contributed by atoms with Crippen LogP contribution in [0.15, 0.2) is 59.8 Å². The van der Waals surface area contributed by atoms with Gasteiger partial charge in [0.2, 0.25) is 0 Å². The van der Waals surface area contributed by atoms with Gasteiger partial charge in [-0.1, -0.05) is 59.8 Å². The zero-order chi connectivity index (χ0) is 17.8. The Labute approximate surface area is 153 Å². The van der Waals surface area contributed by atoms with Crippen molar-refractivity contribution in [1.29, 1.82) is 0 Å². The molecule has 0 aliphatic carbocycles. The molecule has 0 fully saturated rings. The van der Waals surface area contributed by atoms with Crippen LogP contribution >= 0.6 is 23.4 Å². The number of benzene rings is 2. The highest BCUT2D eigenvalue weighted by molar-refractivity contribution is 7.99. The van der Waals surface area contributed by atoms with Crippen molar-refractivity contribution < 1.29 is 15.0 Å². The van der Waals surface area contributed by atoms with Gasteiger partial charge >= 0.3 is 5.97 Å². The number of aromatic nitrogens is 3. The van der Waals surface area contributed by atoms with E-state index in [1.165, 1.54) is 0 Å². The van der Waals surface area contributed by atoms with Crippen LogP contribution in [0.4, 0.5) is 0 Å². The Morgan fingerprint density at radius 3 is 2.60 bits per heavy atom. The van der Waals surface area contributed by atoms with E-state index in [1.807, 2.05) is 18.2 Å². The van der Waals surface area contributed by atoms with E-state index in [4.69, 9.17) is 16.7 Å². The zero-order valence-corrected chi connectivity index (χ0v) is 14.5. The van der Waals surface area contributed by atoms with Crippen molar-refractivity contribution in [2.24, 2.45) is 0 Å². The van der Waals surface area contributed by atoms with Crippen molar-refractivity contribution in [3.63, 3.8) is 0 Å². The molecule has 3 rings (SSSR count). The van der Waals surface area contributed by atoms with E-state index >= 15 is 0 Å². The summed E-state index contributed by atoms with van der Waals surface area (Å²) in [6, 6.07) is 16.0. The summed E-state index contributed by atoms with van der Waals surface area (Å²) < 4.78 is 1.62. The van der Waals surface area contributed by atoms with E-state index in [-0.39, 0.29) is 5.75 Å². The molecule has 1 unspecified atom stereocenters. The van der Waals surface area contributed by atoms with Crippen molar-refractivity contribution in [2.45, 2.75) is 11.3 Å². The lowest BCUT2D eigenvalue weighted by Gasteiger charge is -2.14. The molecule has 0 aliphatic heterocycles. The van der Waals surface area contributed by atoms with Crippen LogP contribution in [-0.4, -0.2) is 36.7 Å². The third kappa shape index (κ3) is 4.01. The highest BCUT2D eigenvalue weighted by atomic mass is 35.5. The Hall–Kier alpha value is -2.35. The van der Waals surface area contributed by atoms with Crippen molar-refractivity contribution in [3.8, 4) is 5.69 Å². The van der Waals surface area contributed by atoms with Gasteiger partial charge in [0, 0.05) is 5.02 Å². The Balaban J connectivity index is 2.07. The van der Waals surface area contributed by atoms with Crippen molar-refractivity contribution >= 4 is 29.3 Å². The summed E-state index contributed by atoms with van der Waals surface area (Å²) in [5, 5.41) is 28.7. The summed E-state index contributed by atoms with van der Waals surface area (Å²) in [7, 11) is 0. The number of aliphatic hydroxyl groups excluding tert-OH is 1. The third-order valence-corrected chi connectivity index (χ3v) is 4.56. The molecule has 3 aromatic rings. The minimum atomic E-state index is -1.01. The molecule has 25 heavy (non-hydrogen) atoms. The predicted molar refractivity (Wildman–Crippen MR) is 95.2 cm³/mol. The lowest BCUT2D eigenvalue weighted by atomic mass is 10.1. The number of carboxylic acids is 1. The molecule has 0 aliphatic rings. The number of aliphatic hydroxyl groups is 1. The van der Waals surface area contributed by atoms with E-state index in [9.17, 15) is 9.90 Å². The van der Waals surface area contributed by atoms with Crippen LogP contribution in [0.25, 0.3) is 5.69 Å². The highest BCUT2D eigenvalue weighted by Crippen LogP contribution is 2.29. The number of hydrogen-bond donors (Lipinski definition) is 2. The average Bonchev–Trinajstić information content (AvgIpc) is 3.04. The van der Waals surface area contributed by atoms with Gasteiger partial charge in [0.05, 0.1) is 11.4 Å². The number of halogens is 1. The maximum atomic E-state index is 10.9. The van der Waals surface area contributed by atoms with Gasteiger partial charge in [0.1, 0.15) is 6.10 Å². The second-order valence-corrected chi connectivity index (χ2v) is 6.53. The Kier molecular flexibility index (Phi) is 5.37. The maximum Gasteiger partial charge on any atom is 0.313 e. The van der Waals surface area contributed by atoms with Crippen LogP contribution < -0.4 is 0 Å². The monoisotopic (exact) mass is 375 g/mol. The maximum absolute atomic E-state index is 10.9. The molecule has 0 saturated heterocycles. The number of nitrogens with zero attached hydrogens (tertiary/aromatic N) is 3. The van der Waals surface area contributed by atoms with Gasteiger partial charge in [-0.05, 0) is 23.8 Å². The second-order valence-electron chi connectivity index (χ2n) is 5.15. The predicted octanol–water partition coefficient (Wildman–Crippen LogP) is 3.18. The van der Waals surface area contributed by atoms with E-state index in [0.29, 0.717) is 27.3 Å². The van der Waals surface area contributed by atoms with Crippen LogP contribution in [0.1, 0.15) is 17.5 Å². The van der Waals surface area contributed by atoms with Crippen LogP contribution in [0, 0.1) is 0 Å². The van der Waals surface area contributed by atoms with Gasteiger partial charge in [-0.25, -0.2) is 0 Å². The SMILES string of the molecule is O=C(O)CSc1nnc(C(O)c2ccccc2)n1-c1cccc(Cl)c1. The molecule has 8 heteroatoms. The van der Waals surface area contributed by atoms with Crippen molar-refractivity contribution in [2.75, 3.05) is 5.75 Å². The molecule has 128 valence electrons. The molecule has 2 aromatic carbocycles. The van der Waals surface area contributed by atoms with Gasteiger partial charge in [-0.15, -0.1) is 10.2 Å². The van der Waals surface area contributed by atoms with Crippen LogP contribution in [-0.2, 0) is 4.79 Å². The Morgan fingerprint density at radius 2 is 1.92 bits per heavy atom. The van der Waals surface area contributed by atoms with E-state index in [2.05, 4.69) is 10.2 Å². The zero-order valence-electron chi connectivity index (χ0n) is 12.9. The molecule has 1 aromatic heterocycles. The first-order chi connectivity index (χ1) is 12.1. The Morgan fingerprint density at radius 1 is 1.16 bits per heavy atom. The van der Waals surface area contributed by atoms with Gasteiger partial charge in [-0.2, -0.15) is 0 Å². The number of carboxylic acid groups (broad SMARTS) is 1. The first-order valence-electron chi connectivity index (χ1n) is 7.35. The van der Waals surface area contributed by atoms with Crippen LogP contribution in [0.3, 0.4) is 0 Å². The quantitative estimate of drug-likeness (QED) is 0.643. The third-order valence-electron chi connectivity index (χ3n) is 3.41. The molecule has 6 nitrogen and oxygen atoms in total. The lowest BCUT2D eigenvalue weighted by Crippen LogP contribution is -2.10. The molecule has 0 radical (unpaired) electrons. The highest BCUT2D eigenvalue weighted by Gasteiger charge is 2.22. The number of thioether (sulfide) groups is 1. The molecule has 0 saturated carbocycles. The average molecular weight is 376 g/mol. The molecule has 0 bridgehead atoms. The fourth-order valence-corrected chi connectivity index (χ4v) is 3.18. The largest absolute Gasteiger partial charge is 0.481 e. The Bertz CT molecular complexity index is 886. The van der Waals surface area contributed by atoms with Gasteiger partial charge < -0.3 is 10.2 Å². The lowest BCUT2D eigenvalue weighted by molar-refractivity contribution is -0.133. The summed E-state index contributed by atoms with van der Waals surface area (Å²) in [6.45, 7) is 0. The molecular weight excluding hydrogens is 362 g/mol. The number of carbonyl (C=O) groups is 1. The fourth-order valence-electron chi connectivity index (χ4n) is 2.32. The van der Waals surface area contributed by atoms with E-state index in [0.717, 1.165) is 11.8 Å². The molecule has 1 heterocycles. The van der Waals surface area contributed by atoms with Crippen molar-refractivity contribution in [3.05, 3.63) is 71.0 Å². The molecular formula is C17H14ClN3O3S. The van der Waals surface area contributed by atoms with Gasteiger partial charge in [0.25, 0.3) is 0 Å². The topological polar surface area (TPSA) is 88.2 Å². The van der Waals surface area contributed by atoms with Gasteiger partial charge in [-0.3, -0.25) is 9.36 Å². The minimum Gasteiger partial charge on any atom is -0.481 e. The van der Waals surface area contributed by atoms with Gasteiger partial charge in [0.15, 0.2) is 11.0 Å². The standard InChI is InChI=1S/C17H14ClN3O3S/c18-12-7-4-8-13(9-12)21-16(15(24)11-5-2-1-3-6-11)19-20-17(21)25-10-14(22)23/h1-9,15,24H,10H2,(H,22,23). The molecule has 0 amide bonds. The first kappa shape index (κ1) is 17.5. The van der Waals surface area contributed by atoms with E-state index in [1.54, 1.807) is 41.0 Å². The first-order valence-corrected chi connectivity index (χ1v) is 8.71. The molecule has 2 N–H and O–H groups in total. The van der Waals surface area contributed by atoms with Crippen LogP contribution in [0.2, 0.25) is 5.02 Å². The number of rotatable bonds is 6. The number of aliphatic carboxylic acids is 1. The van der Waals surface area contributed by atoms with Crippen LogP contribution in [0.5, 0.6) is 0 Å². The summed E-state index contributed by atoms with van der Waals surface area (Å²) in [5.74, 6) is -0.836. The normalized spacial score (nSPS) is 12.1. The number of hydrogen-bond acceptors (Lipinski definition) is 5. The second kappa shape index (κ2) is 7.69. The molecule has 0 spiro atoms. The summed E-state index contributed by atoms with van der Waals surface area (Å²) in [6.07, 6.45) is -1.01. The minimum absolute atomic E-state index is 0.167. The fraction of sp³-hybridized carbons (Fsp3) is 0.118. The summed E-state index contributed by atoms with van der Waals surface area (Å²) in [5.41, 5.74) is 1.31. The summed E-state index contributed by atoms with van der Waals surface area (Å²) >= 11 is 7.10.